The molecule has 2 aromatic carbocycles. The van der Waals surface area contributed by atoms with Gasteiger partial charge in [0.1, 0.15) is 11.4 Å². The molecule has 0 fully saturated rings. The third-order valence-corrected chi connectivity index (χ3v) is 4.17. The van der Waals surface area contributed by atoms with E-state index in [1.807, 2.05) is 61.7 Å². The maximum absolute atomic E-state index is 11.4. The van der Waals surface area contributed by atoms with E-state index in [1.54, 1.807) is 13.3 Å². The molecule has 1 atom stereocenters. The van der Waals surface area contributed by atoms with Crippen LogP contribution in [0.3, 0.4) is 0 Å². The Morgan fingerprint density at radius 3 is 2.68 bits per heavy atom. The Hall–Kier alpha value is -2.39. The molecular weight excluding hydrogens is 274 g/mol. The number of aliphatic hydroxyl groups is 1. The van der Waals surface area contributed by atoms with E-state index in [0.717, 1.165) is 27.6 Å². The van der Waals surface area contributed by atoms with Gasteiger partial charge in [0.05, 0.1) is 7.11 Å². The number of aromatic nitrogens is 1. The van der Waals surface area contributed by atoms with Gasteiger partial charge < -0.3 is 9.84 Å². The van der Waals surface area contributed by atoms with E-state index in [4.69, 9.17) is 4.74 Å². The highest BCUT2D eigenvalue weighted by atomic mass is 16.5. The van der Waals surface area contributed by atoms with E-state index < -0.39 is 5.60 Å². The quantitative estimate of drug-likeness (QED) is 0.793. The maximum Gasteiger partial charge on any atom is 0.119 e. The standard InChI is InChI=1S/C19H19NO2/c1-3-19(21,15-8-6-9-16(11-15)22-2)18-13-20-12-14-7-4-5-10-17(14)18/h4-13,21H,3H2,1-2H3. The van der Waals surface area contributed by atoms with Crippen LogP contribution in [0.15, 0.2) is 60.9 Å². The smallest absolute Gasteiger partial charge is 0.119 e. The van der Waals surface area contributed by atoms with E-state index in [9.17, 15) is 5.11 Å². The van der Waals surface area contributed by atoms with Crippen LogP contribution in [-0.2, 0) is 5.60 Å². The summed E-state index contributed by atoms with van der Waals surface area (Å²) in [5, 5.41) is 13.4. The Morgan fingerprint density at radius 2 is 1.91 bits per heavy atom. The van der Waals surface area contributed by atoms with Crippen molar-refractivity contribution in [2.75, 3.05) is 7.11 Å². The number of hydrogen-bond donors (Lipinski definition) is 1. The summed E-state index contributed by atoms with van der Waals surface area (Å²) in [5.74, 6) is 0.734. The first kappa shape index (κ1) is 14.5. The molecule has 0 saturated carbocycles. The Balaban J connectivity index is 2.23. The van der Waals surface area contributed by atoms with Gasteiger partial charge in [0.15, 0.2) is 0 Å². The Labute approximate surface area is 130 Å². The van der Waals surface area contributed by atoms with Crippen molar-refractivity contribution >= 4 is 10.8 Å². The molecule has 1 aromatic heterocycles. The maximum atomic E-state index is 11.4. The van der Waals surface area contributed by atoms with Crippen molar-refractivity contribution in [3.05, 3.63) is 72.1 Å². The van der Waals surface area contributed by atoms with Crippen LogP contribution in [0.2, 0.25) is 0 Å². The van der Waals surface area contributed by atoms with Crippen molar-refractivity contribution in [2.45, 2.75) is 18.9 Å². The molecule has 0 bridgehead atoms. The number of methoxy groups -OCH3 is 1. The highest BCUT2D eigenvalue weighted by molar-refractivity contribution is 5.85. The zero-order valence-corrected chi connectivity index (χ0v) is 12.8. The van der Waals surface area contributed by atoms with Crippen LogP contribution < -0.4 is 4.74 Å². The highest BCUT2D eigenvalue weighted by Crippen LogP contribution is 2.37. The number of nitrogens with zero attached hydrogens (tertiary/aromatic N) is 1. The van der Waals surface area contributed by atoms with Gasteiger partial charge in [-0.2, -0.15) is 0 Å². The Morgan fingerprint density at radius 1 is 1.09 bits per heavy atom. The second-order valence-electron chi connectivity index (χ2n) is 5.35. The van der Waals surface area contributed by atoms with E-state index in [-0.39, 0.29) is 0 Å². The SMILES string of the molecule is CCC(O)(c1cccc(OC)c1)c1cncc2ccccc12. The molecule has 0 spiro atoms. The molecule has 0 radical (unpaired) electrons. The van der Waals surface area contributed by atoms with E-state index in [0.29, 0.717) is 6.42 Å². The summed E-state index contributed by atoms with van der Waals surface area (Å²) in [6, 6.07) is 15.6. The van der Waals surface area contributed by atoms with Crippen LogP contribution in [0.25, 0.3) is 10.8 Å². The van der Waals surface area contributed by atoms with Crippen molar-refractivity contribution in [1.82, 2.24) is 4.98 Å². The molecule has 112 valence electrons. The van der Waals surface area contributed by atoms with Gasteiger partial charge in [0.2, 0.25) is 0 Å². The average molecular weight is 293 g/mol. The third-order valence-electron chi connectivity index (χ3n) is 4.17. The number of pyridine rings is 1. The van der Waals surface area contributed by atoms with Gasteiger partial charge >= 0.3 is 0 Å². The summed E-state index contributed by atoms with van der Waals surface area (Å²) in [6.07, 6.45) is 4.13. The van der Waals surface area contributed by atoms with Crippen molar-refractivity contribution in [2.24, 2.45) is 0 Å². The largest absolute Gasteiger partial charge is 0.497 e. The highest BCUT2D eigenvalue weighted by Gasteiger charge is 2.31. The lowest BCUT2D eigenvalue weighted by Gasteiger charge is -2.29. The molecule has 0 saturated heterocycles. The molecule has 3 heteroatoms. The minimum Gasteiger partial charge on any atom is -0.497 e. The Bertz CT molecular complexity index is 795. The van der Waals surface area contributed by atoms with Crippen LogP contribution in [0, 0.1) is 0 Å². The van der Waals surface area contributed by atoms with Gasteiger partial charge in [-0.3, -0.25) is 4.98 Å². The molecule has 3 aromatic rings. The lowest BCUT2D eigenvalue weighted by atomic mass is 9.82. The second kappa shape index (κ2) is 5.78. The molecular formula is C19H19NO2. The molecule has 1 unspecified atom stereocenters. The molecule has 0 aliphatic rings. The van der Waals surface area contributed by atoms with Crippen LogP contribution in [0.1, 0.15) is 24.5 Å². The van der Waals surface area contributed by atoms with E-state index >= 15 is 0 Å². The molecule has 22 heavy (non-hydrogen) atoms. The molecule has 1 heterocycles. The predicted octanol–water partition coefficient (Wildman–Crippen LogP) is 3.89. The number of ether oxygens (including phenoxy) is 1. The number of benzene rings is 2. The van der Waals surface area contributed by atoms with Crippen molar-refractivity contribution in [3.63, 3.8) is 0 Å². The summed E-state index contributed by atoms with van der Waals surface area (Å²) >= 11 is 0. The summed E-state index contributed by atoms with van der Waals surface area (Å²) in [4.78, 5) is 4.30. The van der Waals surface area contributed by atoms with Gasteiger partial charge in [0, 0.05) is 23.3 Å². The van der Waals surface area contributed by atoms with Crippen molar-refractivity contribution < 1.29 is 9.84 Å². The normalized spacial score (nSPS) is 13.8. The monoisotopic (exact) mass is 293 g/mol. The van der Waals surface area contributed by atoms with Gasteiger partial charge in [0.25, 0.3) is 0 Å². The minimum absolute atomic E-state index is 0.551. The summed E-state index contributed by atoms with van der Waals surface area (Å²) < 4.78 is 5.29. The first-order valence-electron chi connectivity index (χ1n) is 7.39. The van der Waals surface area contributed by atoms with Gasteiger partial charge in [-0.15, -0.1) is 0 Å². The van der Waals surface area contributed by atoms with E-state index in [1.165, 1.54) is 0 Å². The first-order chi connectivity index (χ1) is 10.7. The molecule has 3 rings (SSSR count). The fraction of sp³-hybridized carbons (Fsp3) is 0.211. The number of rotatable bonds is 4. The molecule has 0 aliphatic heterocycles. The van der Waals surface area contributed by atoms with Crippen LogP contribution >= 0.6 is 0 Å². The van der Waals surface area contributed by atoms with E-state index in [2.05, 4.69) is 4.98 Å². The van der Waals surface area contributed by atoms with Crippen molar-refractivity contribution in [1.29, 1.82) is 0 Å². The van der Waals surface area contributed by atoms with Gasteiger partial charge in [-0.05, 0) is 29.5 Å². The Kier molecular flexibility index (Phi) is 3.82. The van der Waals surface area contributed by atoms with Gasteiger partial charge in [-0.1, -0.05) is 43.3 Å². The topological polar surface area (TPSA) is 42.4 Å². The molecule has 0 aliphatic carbocycles. The lowest BCUT2D eigenvalue weighted by molar-refractivity contribution is 0.0775. The fourth-order valence-electron chi connectivity index (χ4n) is 2.88. The predicted molar refractivity (Wildman–Crippen MR) is 88.0 cm³/mol. The zero-order chi connectivity index (χ0) is 15.6. The first-order valence-corrected chi connectivity index (χ1v) is 7.39. The molecule has 1 N–H and O–H groups in total. The number of hydrogen-bond acceptors (Lipinski definition) is 3. The molecule has 3 nitrogen and oxygen atoms in total. The summed E-state index contributed by atoms with van der Waals surface area (Å²) in [7, 11) is 1.63. The summed E-state index contributed by atoms with van der Waals surface area (Å²) in [5.41, 5.74) is 0.538. The fourth-order valence-corrected chi connectivity index (χ4v) is 2.88. The summed E-state index contributed by atoms with van der Waals surface area (Å²) in [6.45, 7) is 1.97. The third kappa shape index (κ3) is 2.34. The number of fused-ring (bicyclic) bond motifs is 1. The lowest BCUT2D eigenvalue weighted by Crippen LogP contribution is -2.26. The van der Waals surface area contributed by atoms with Gasteiger partial charge in [-0.25, -0.2) is 0 Å². The minimum atomic E-state index is -1.09. The van der Waals surface area contributed by atoms with Crippen LogP contribution in [0.4, 0.5) is 0 Å². The second-order valence-corrected chi connectivity index (χ2v) is 5.35. The van der Waals surface area contributed by atoms with Crippen molar-refractivity contribution in [3.8, 4) is 5.75 Å². The molecule has 0 amide bonds. The van der Waals surface area contributed by atoms with Crippen LogP contribution in [-0.4, -0.2) is 17.2 Å². The zero-order valence-electron chi connectivity index (χ0n) is 12.8. The van der Waals surface area contributed by atoms with Crippen LogP contribution in [0.5, 0.6) is 5.75 Å². The average Bonchev–Trinajstić information content (AvgIpc) is 2.60.